The Labute approximate surface area is 210 Å². The Morgan fingerprint density at radius 3 is 2.66 bits per heavy atom. The lowest BCUT2D eigenvalue weighted by atomic mass is 9.91. The lowest BCUT2D eigenvalue weighted by molar-refractivity contribution is -0.268. The number of aromatic nitrogens is 2. The zero-order chi connectivity index (χ0) is 24.8. The molecule has 9 heteroatoms. The molecule has 1 fully saturated rings. The van der Waals surface area contributed by atoms with Crippen molar-refractivity contribution in [3.63, 3.8) is 0 Å². The van der Waals surface area contributed by atoms with Crippen LogP contribution in [0.4, 0.5) is 10.5 Å². The number of nitrogens with one attached hydrogen (secondary N) is 2. The van der Waals surface area contributed by atoms with Crippen LogP contribution in [-0.4, -0.2) is 39.1 Å². The molecule has 1 aliphatic heterocycles. The molecule has 3 N–H and O–H groups in total. The number of amides is 2. The second kappa shape index (κ2) is 11.7. The number of anilines is 1. The molecule has 0 aliphatic carbocycles. The van der Waals surface area contributed by atoms with Crippen LogP contribution in [0, 0.1) is 5.92 Å². The topological polar surface area (TPSA) is 97.6 Å². The van der Waals surface area contributed by atoms with Crippen LogP contribution in [0.1, 0.15) is 42.9 Å². The summed E-state index contributed by atoms with van der Waals surface area (Å²) < 4.78 is 15.0. The third-order valence-electron chi connectivity index (χ3n) is 6.03. The number of rotatable bonds is 8. The van der Waals surface area contributed by atoms with Gasteiger partial charge in [-0.25, -0.2) is 9.78 Å². The van der Waals surface area contributed by atoms with Gasteiger partial charge in [-0.2, -0.15) is 0 Å². The van der Waals surface area contributed by atoms with E-state index in [1.807, 2.05) is 73.3 Å². The number of aliphatic hydroxyl groups excluding tert-OH is 1. The van der Waals surface area contributed by atoms with Crippen LogP contribution >= 0.6 is 11.8 Å². The minimum atomic E-state index is -0.600. The predicted molar refractivity (Wildman–Crippen MR) is 136 cm³/mol. The maximum atomic E-state index is 12.0. The van der Waals surface area contributed by atoms with Crippen LogP contribution < -0.4 is 10.6 Å². The van der Waals surface area contributed by atoms with Gasteiger partial charge >= 0.3 is 6.03 Å². The van der Waals surface area contributed by atoms with Gasteiger partial charge in [0.1, 0.15) is 0 Å². The molecule has 3 aromatic rings. The summed E-state index contributed by atoms with van der Waals surface area (Å²) in [5, 5.41) is 15.9. The van der Waals surface area contributed by atoms with Gasteiger partial charge in [0.25, 0.3) is 0 Å². The van der Waals surface area contributed by atoms with Crippen molar-refractivity contribution in [1.82, 2.24) is 14.9 Å². The van der Waals surface area contributed by atoms with Gasteiger partial charge in [0.15, 0.2) is 11.4 Å². The zero-order valence-electron chi connectivity index (χ0n) is 20.2. The number of aliphatic hydroxyl groups is 1. The molecule has 2 amide bonds. The average molecular weight is 497 g/mol. The molecule has 0 radical (unpaired) electrons. The Morgan fingerprint density at radius 1 is 1.17 bits per heavy atom. The largest absolute Gasteiger partial charge is 0.392 e. The Bertz CT molecular complexity index is 1120. The van der Waals surface area contributed by atoms with Crippen molar-refractivity contribution in [1.29, 1.82) is 0 Å². The number of hydrogen-bond donors (Lipinski definition) is 3. The number of carbonyl (C=O) groups is 1. The SMILES string of the molecule is CCNC(=O)Nc1cccc([C@@H]2O[C@H](CSc3nccn3C)[C@H](C)[C@H](c3ccc(CO)cc3)O2)c1. The van der Waals surface area contributed by atoms with Gasteiger partial charge in [-0.3, -0.25) is 0 Å². The molecule has 0 saturated carbocycles. The Hall–Kier alpha value is -2.85. The van der Waals surface area contributed by atoms with Crippen molar-refractivity contribution >= 4 is 23.5 Å². The summed E-state index contributed by atoms with van der Waals surface area (Å²) in [6, 6.07) is 15.1. The Morgan fingerprint density at radius 2 is 1.97 bits per heavy atom. The fraction of sp³-hybridized carbons (Fsp3) is 0.385. The highest BCUT2D eigenvalue weighted by molar-refractivity contribution is 7.99. The maximum absolute atomic E-state index is 12.0. The molecule has 2 heterocycles. The molecule has 4 atom stereocenters. The first kappa shape index (κ1) is 25.2. The molecule has 0 unspecified atom stereocenters. The van der Waals surface area contributed by atoms with Gasteiger partial charge in [-0.15, -0.1) is 0 Å². The monoisotopic (exact) mass is 496 g/mol. The summed E-state index contributed by atoms with van der Waals surface area (Å²) in [7, 11) is 1.98. The van der Waals surface area contributed by atoms with Crippen LogP contribution in [0.3, 0.4) is 0 Å². The van der Waals surface area contributed by atoms with Crippen molar-refractivity contribution < 1.29 is 19.4 Å². The van der Waals surface area contributed by atoms with Crippen molar-refractivity contribution in [2.24, 2.45) is 13.0 Å². The first-order valence-corrected chi connectivity index (χ1v) is 12.7. The lowest BCUT2D eigenvalue weighted by Gasteiger charge is -2.41. The zero-order valence-corrected chi connectivity index (χ0v) is 21.0. The highest BCUT2D eigenvalue weighted by Crippen LogP contribution is 2.43. The summed E-state index contributed by atoms with van der Waals surface area (Å²) in [4.78, 5) is 16.4. The van der Waals surface area contributed by atoms with E-state index in [1.54, 1.807) is 18.0 Å². The molecule has 1 saturated heterocycles. The van der Waals surface area contributed by atoms with Gasteiger partial charge in [-0.1, -0.05) is 55.1 Å². The summed E-state index contributed by atoms with van der Waals surface area (Å²) in [5.74, 6) is 0.796. The van der Waals surface area contributed by atoms with Gasteiger partial charge < -0.3 is 29.8 Å². The normalized spacial score (nSPS) is 22.1. The minimum Gasteiger partial charge on any atom is -0.392 e. The third-order valence-corrected chi connectivity index (χ3v) is 7.18. The van der Waals surface area contributed by atoms with E-state index in [2.05, 4.69) is 22.5 Å². The van der Waals surface area contributed by atoms with Gasteiger partial charge in [-0.05, 0) is 30.2 Å². The summed E-state index contributed by atoms with van der Waals surface area (Å²) in [6.07, 6.45) is 2.82. The number of ether oxygens (including phenoxy) is 2. The molecule has 0 bridgehead atoms. The Balaban J connectivity index is 1.58. The van der Waals surface area contributed by atoms with Crippen molar-refractivity contribution in [2.45, 2.75) is 44.1 Å². The maximum Gasteiger partial charge on any atom is 0.319 e. The van der Waals surface area contributed by atoms with E-state index in [1.165, 1.54) is 0 Å². The second-order valence-corrected chi connectivity index (χ2v) is 9.55. The number of urea groups is 1. The molecular weight excluding hydrogens is 464 g/mol. The number of benzene rings is 2. The molecular formula is C26H32N4O4S. The molecule has 1 aliphatic rings. The van der Waals surface area contributed by atoms with Crippen LogP contribution in [-0.2, 0) is 23.1 Å². The smallest absolute Gasteiger partial charge is 0.319 e. The van der Waals surface area contributed by atoms with E-state index >= 15 is 0 Å². The van der Waals surface area contributed by atoms with E-state index in [9.17, 15) is 9.90 Å². The number of nitrogens with zero attached hydrogens (tertiary/aromatic N) is 2. The summed E-state index contributed by atoms with van der Waals surface area (Å²) in [6.45, 7) is 4.56. The number of aryl methyl sites for hydroxylation is 1. The second-order valence-electron chi connectivity index (χ2n) is 8.56. The van der Waals surface area contributed by atoms with Gasteiger partial charge in [0, 0.05) is 48.9 Å². The number of hydrogen-bond acceptors (Lipinski definition) is 6. The highest BCUT2D eigenvalue weighted by atomic mass is 32.2. The fourth-order valence-electron chi connectivity index (χ4n) is 4.06. The number of imidazole rings is 1. The van der Waals surface area contributed by atoms with Crippen LogP contribution in [0.25, 0.3) is 0 Å². The van der Waals surface area contributed by atoms with E-state index in [-0.39, 0.29) is 30.8 Å². The molecule has 1 aromatic heterocycles. The molecule has 4 rings (SSSR count). The highest BCUT2D eigenvalue weighted by Gasteiger charge is 2.38. The number of thioether (sulfide) groups is 1. The van der Waals surface area contributed by atoms with Crippen LogP contribution in [0.5, 0.6) is 0 Å². The van der Waals surface area contributed by atoms with E-state index in [0.717, 1.165) is 21.8 Å². The van der Waals surface area contributed by atoms with E-state index < -0.39 is 6.29 Å². The number of carbonyl (C=O) groups excluding carboxylic acids is 1. The first-order chi connectivity index (χ1) is 17.0. The molecule has 35 heavy (non-hydrogen) atoms. The molecule has 186 valence electrons. The molecule has 2 aromatic carbocycles. The average Bonchev–Trinajstić information content (AvgIpc) is 3.28. The summed E-state index contributed by atoms with van der Waals surface area (Å²) >= 11 is 1.65. The van der Waals surface area contributed by atoms with Crippen LogP contribution in [0.2, 0.25) is 0 Å². The fourth-order valence-corrected chi connectivity index (χ4v) is 5.15. The van der Waals surface area contributed by atoms with Crippen molar-refractivity contribution in [3.05, 3.63) is 77.6 Å². The minimum absolute atomic E-state index is 0.00141. The van der Waals surface area contributed by atoms with Gasteiger partial charge in [0.2, 0.25) is 0 Å². The first-order valence-electron chi connectivity index (χ1n) is 11.7. The quantitative estimate of drug-likeness (QED) is 0.393. The van der Waals surface area contributed by atoms with Crippen LogP contribution in [0.15, 0.2) is 66.1 Å². The standard InChI is InChI=1S/C26H32N4O4S/c1-4-27-25(32)29-21-7-5-6-20(14-21)24-33-22(16-35-26-28-12-13-30(26)3)17(2)23(34-24)19-10-8-18(15-31)9-11-19/h5-14,17,22-24,31H,4,15-16H2,1-3H3,(H2,27,29,32)/t17-,22+,23+,24+/m0/s1. The third kappa shape index (κ3) is 6.24. The van der Waals surface area contributed by atoms with Crippen molar-refractivity contribution in [3.8, 4) is 0 Å². The lowest BCUT2D eigenvalue weighted by Crippen LogP contribution is -2.38. The summed E-state index contributed by atoms with van der Waals surface area (Å²) in [5.41, 5.74) is 3.39. The predicted octanol–water partition coefficient (Wildman–Crippen LogP) is 4.64. The van der Waals surface area contributed by atoms with E-state index in [4.69, 9.17) is 9.47 Å². The van der Waals surface area contributed by atoms with Gasteiger partial charge in [0.05, 0.1) is 18.8 Å². The van der Waals surface area contributed by atoms with Crippen molar-refractivity contribution in [2.75, 3.05) is 17.6 Å². The van der Waals surface area contributed by atoms with E-state index in [0.29, 0.717) is 18.0 Å². The molecule has 8 nitrogen and oxygen atoms in total. The Kier molecular flexibility index (Phi) is 8.46. The molecule has 0 spiro atoms.